The van der Waals surface area contributed by atoms with Gasteiger partial charge in [-0.3, -0.25) is 0 Å². The fourth-order valence-corrected chi connectivity index (χ4v) is 3.88. The van der Waals surface area contributed by atoms with Gasteiger partial charge < -0.3 is 14.6 Å². The van der Waals surface area contributed by atoms with Crippen molar-refractivity contribution < 1.29 is 22.4 Å². The third-order valence-electron chi connectivity index (χ3n) is 4.67. The molecule has 0 spiro atoms. The van der Waals surface area contributed by atoms with Crippen molar-refractivity contribution >= 4 is 23.1 Å². The third-order valence-corrected chi connectivity index (χ3v) is 5.53. The number of aromatic nitrogens is 2. The van der Waals surface area contributed by atoms with Crippen LogP contribution in [-0.2, 0) is 6.18 Å². The first-order valence-electron chi connectivity index (χ1n) is 9.00. The monoisotopic (exact) mass is 422 g/mol. The Labute approximate surface area is 168 Å². The Bertz CT molecular complexity index is 988. The molecule has 1 aliphatic heterocycles. The van der Waals surface area contributed by atoms with Crippen LogP contribution >= 0.6 is 11.3 Å². The number of amides is 2. The van der Waals surface area contributed by atoms with Crippen LogP contribution in [0.5, 0.6) is 0 Å². The second-order valence-electron chi connectivity index (χ2n) is 6.72. The number of thiophene rings is 1. The number of rotatable bonds is 3. The third kappa shape index (κ3) is 4.42. The maximum atomic E-state index is 12.9. The van der Waals surface area contributed by atoms with Crippen LogP contribution in [0.2, 0.25) is 0 Å². The van der Waals surface area contributed by atoms with E-state index >= 15 is 0 Å². The summed E-state index contributed by atoms with van der Waals surface area (Å²) < 4.78 is 44.3. The van der Waals surface area contributed by atoms with Crippen LogP contribution in [0.4, 0.5) is 23.7 Å². The molecule has 6 nitrogen and oxygen atoms in total. The molecule has 152 valence electrons. The van der Waals surface area contributed by atoms with E-state index < -0.39 is 17.8 Å². The van der Waals surface area contributed by atoms with Gasteiger partial charge in [0.25, 0.3) is 5.89 Å². The average Bonchev–Trinajstić information content (AvgIpc) is 3.39. The molecule has 1 aromatic carbocycles. The topological polar surface area (TPSA) is 71.3 Å². The van der Waals surface area contributed by atoms with E-state index in [1.165, 1.54) is 23.5 Å². The van der Waals surface area contributed by atoms with Crippen molar-refractivity contribution in [3.63, 3.8) is 0 Å². The highest BCUT2D eigenvalue weighted by molar-refractivity contribution is 7.13. The van der Waals surface area contributed by atoms with Gasteiger partial charge in [0.15, 0.2) is 0 Å². The Morgan fingerprint density at radius 2 is 2.10 bits per heavy atom. The van der Waals surface area contributed by atoms with Gasteiger partial charge in [-0.2, -0.15) is 13.2 Å². The van der Waals surface area contributed by atoms with Crippen LogP contribution < -0.4 is 5.32 Å². The molecule has 1 unspecified atom stereocenters. The van der Waals surface area contributed by atoms with Gasteiger partial charge in [-0.15, -0.1) is 21.5 Å². The lowest BCUT2D eigenvalue weighted by atomic mass is 9.98. The number of halogens is 3. The van der Waals surface area contributed by atoms with Gasteiger partial charge in [0, 0.05) is 18.8 Å². The molecule has 0 bridgehead atoms. The molecule has 3 aromatic rings. The zero-order valence-corrected chi connectivity index (χ0v) is 16.0. The summed E-state index contributed by atoms with van der Waals surface area (Å²) in [5, 5.41) is 12.7. The first-order valence-corrected chi connectivity index (χ1v) is 9.88. The SMILES string of the molecule is O=C(Nc1cccc(C(F)(F)F)c1)N1CCCC(c2nnc(-c3cccs3)o2)C1. The normalized spacial score (nSPS) is 17.3. The molecule has 0 radical (unpaired) electrons. The molecule has 1 saturated heterocycles. The van der Waals surface area contributed by atoms with E-state index in [0.29, 0.717) is 24.9 Å². The molecule has 0 saturated carbocycles. The van der Waals surface area contributed by atoms with Crippen molar-refractivity contribution in [1.82, 2.24) is 15.1 Å². The highest BCUT2D eigenvalue weighted by atomic mass is 32.1. The van der Waals surface area contributed by atoms with Crippen LogP contribution in [0.3, 0.4) is 0 Å². The molecule has 2 aromatic heterocycles. The molecule has 0 aliphatic carbocycles. The maximum absolute atomic E-state index is 12.9. The molecule has 1 fully saturated rings. The van der Waals surface area contributed by atoms with Crippen molar-refractivity contribution in [3.8, 4) is 10.8 Å². The van der Waals surface area contributed by atoms with E-state index in [2.05, 4.69) is 15.5 Å². The summed E-state index contributed by atoms with van der Waals surface area (Å²) in [7, 11) is 0. The van der Waals surface area contributed by atoms with Gasteiger partial charge in [-0.05, 0) is 42.5 Å². The average molecular weight is 422 g/mol. The fraction of sp³-hybridized carbons (Fsp3) is 0.316. The van der Waals surface area contributed by atoms with Crippen LogP contribution in [0.25, 0.3) is 10.8 Å². The number of nitrogens with one attached hydrogen (secondary N) is 1. The van der Waals surface area contributed by atoms with Crippen molar-refractivity contribution in [2.24, 2.45) is 0 Å². The first-order chi connectivity index (χ1) is 13.9. The zero-order chi connectivity index (χ0) is 20.4. The smallest absolute Gasteiger partial charge is 0.416 e. The molecule has 3 heterocycles. The number of carbonyl (C=O) groups excluding carboxylic acids is 1. The lowest BCUT2D eigenvalue weighted by molar-refractivity contribution is -0.137. The number of anilines is 1. The number of hydrogen-bond acceptors (Lipinski definition) is 5. The summed E-state index contributed by atoms with van der Waals surface area (Å²) in [6.07, 6.45) is -2.94. The van der Waals surface area contributed by atoms with Crippen LogP contribution in [-0.4, -0.2) is 34.2 Å². The number of urea groups is 1. The van der Waals surface area contributed by atoms with Crippen molar-refractivity contribution in [2.75, 3.05) is 18.4 Å². The number of nitrogens with zero attached hydrogens (tertiary/aromatic N) is 3. The Hall–Kier alpha value is -2.88. The Morgan fingerprint density at radius 1 is 1.24 bits per heavy atom. The Morgan fingerprint density at radius 3 is 2.86 bits per heavy atom. The van der Waals surface area contributed by atoms with Crippen molar-refractivity contribution in [1.29, 1.82) is 0 Å². The second kappa shape index (κ2) is 7.86. The van der Waals surface area contributed by atoms with Crippen LogP contribution in [0.15, 0.2) is 46.2 Å². The fourth-order valence-electron chi connectivity index (χ4n) is 3.24. The highest BCUT2D eigenvalue weighted by Crippen LogP contribution is 2.32. The summed E-state index contributed by atoms with van der Waals surface area (Å²) in [6, 6.07) is 7.91. The molecule has 1 N–H and O–H groups in total. The number of likely N-dealkylation sites (tertiary alicyclic amines) is 1. The summed E-state index contributed by atoms with van der Waals surface area (Å²) in [4.78, 5) is 15.0. The predicted molar refractivity (Wildman–Crippen MR) is 102 cm³/mol. The molecular formula is C19H17F3N4O2S. The van der Waals surface area contributed by atoms with Gasteiger partial charge >= 0.3 is 12.2 Å². The van der Waals surface area contributed by atoms with Gasteiger partial charge in [0.2, 0.25) is 5.89 Å². The molecule has 1 atom stereocenters. The number of benzene rings is 1. The molecule has 10 heteroatoms. The summed E-state index contributed by atoms with van der Waals surface area (Å²) >= 11 is 1.49. The van der Waals surface area contributed by atoms with Crippen LogP contribution in [0.1, 0.15) is 30.2 Å². The second-order valence-corrected chi connectivity index (χ2v) is 7.66. The van der Waals surface area contributed by atoms with Crippen molar-refractivity contribution in [3.05, 3.63) is 53.2 Å². The molecule has 4 rings (SSSR count). The highest BCUT2D eigenvalue weighted by Gasteiger charge is 2.31. The van der Waals surface area contributed by atoms with E-state index in [1.807, 2.05) is 17.5 Å². The zero-order valence-electron chi connectivity index (χ0n) is 15.1. The van der Waals surface area contributed by atoms with Crippen LogP contribution in [0, 0.1) is 0 Å². The Kier molecular flexibility index (Phi) is 5.27. The van der Waals surface area contributed by atoms with Gasteiger partial charge in [0.05, 0.1) is 16.4 Å². The lowest BCUT2D eigenvalue weighted by Crippen LogP contribution is -2.41. The van der Waals surface area contributed by atoms with Gasteiger partial charge in [-0.1, -0.05) is 12.1 Å². The van der Waals surface area contributed by atoms with E-state index in [1.54, 1.807) is 4.90 Å². The van der Waals surface area contributed by atoms with Gasteiger partial charge in [-0.25, -0.2) is 4.79 Å². The summed E-state index contributed by atoms with van der Waals surface area (Å²) in [6.45, 7) is 0.865. The minimum Gasteiger partial charge on any atom is -0.420 e. The molecule has 29 heavy (non-hydrogen) atoms. The van der Waals surface area contributed by atoms with E-state index in [4.69, 9.17) is 4.42 Å². The minimum absolute atomic E-state index is 0.102. The lowest BCUT2D eigenvalue weighted by Gasteiger charge is -2.31. The number of alkyl halides is 3. The maximum Gasteiger partial charge on any atom is 0.416 e. The molecular weight excluding hydrogens is 405 g/mol. The van der Waals surface area contributed by atoms with E-state index in [9.17, 15) is 18.0 Å². The number of piperidine rings is 1. The first kappa shape index (κ1) is 19.4. The Balaban J connectivity index is 1.43. The van der Waals surface area contributed by atoms with E-state index in [-0.39, 0.29) is 11.6 Å². The van der Waals surface area contributed by atoms with E-state index in [0.717, 1.165) is 29.9 Å². The largest absolute Gasteiger partial charge is 0.420 e. The molecule has 1 aliphatic rings. The minimum atomic E-state index is -4.46. The predicted octanol–water partition coefficient (Wildman–Crippen LogP) is 5.23. The quantitative estimate of drug-likeness (QED) is 0.628. The standard InChI is InChI=1S/C19H17F3N4O2S/c20-19(21,22)13-5-1-6-14(10-13)23-18(27)26-8-2-4-12(11-26)16-24-25-17(28-16)15-7-3-9-29-15/h1,3,5-7,9-10,12H,2,4,8,11H2,(H,23,27). The molecule has 2 amide bonds. The number of carbonyl (C=O) groups is 1. The number of hydrogen-bond donors (Lipinski definition) is 1. The summed E-state index contributed by atoms with van der Waals surface area (Å²) in [5.41, 5.74) is -0.705. The summed E-state index contributed by atoms with van der Waals surface area (Å²) in [5.74, 6) is 0.794. The van der Waals surface area contributed by atoms with Crippen molar-refractivity contribution in [2.45, 2.75) is 24.9 Å². The van der Waals surface area contributed by atoms with Gasteiger partial charge in [0.1, 0.15) is 0 Å².